The molecule has 90 valence electrons. The molecule has 0 fully saturated rings. The number of amides is 1. The highest BCUT2D eigenvalue weighted by atomic mass is 16.2. The van der Waals surface area contributed by atoms with Gasteiger partial charge in [-0.15, -0.1) is 0 Å². The van der Waals surface area contributed by atoms with Crippen molar-refractivity contribution in [3.63, 3.8) is 0 Å². The zero-order chi connectivity index (χ0) is 12.2. The van der Waals surface area contributed by atoms with Crippen LogP contribution in [0.1, 0.15) is 27.7 Å². The summed E-state index contributed by atoms with van der Waals surface area (Å²) < 4.78 is 0. The first kappa shape index (κ1) is 14.4. The summed E-state index contributed by atoms with van der Waals surface area (Å²) in [5, 5.41) is 2.88. The Balaban J connectivity index is 4.12. The van der Waals surface area contributed by atoms with E-state index in [2.05, 4.69) is 24.1 Å². The molecule has 0 aliphatic carbocycles. The fourth-order valence-electron chi connectivity index (χ4n) is 0.882. The summed E-state index contributed by atoms with van der Waals surface area (Å²) in [6, 6.07) is -0.414. The van der Waals surface area contributed by atoms with Crippen LogP contribution < -0.4 is 11.1 Å². The Morgan fingerprint density at radius 1 is 1.40 bits per heavy atom. The van der Waals surface area contributed by atoms with Gasteiger partial charge in [-0.2, -0.15) is 0 Å². The van der Waals surface area contributed by atoms with Gasteiger partial charge in [-0.1, -0.05) is 13.8 Å². The largest absolute Gasteiger partial charge is 0.353 e. The molecule has 4 heteroatoms. The van der Waals surface area contributed by atoms with Crippen LogP contribution in [0.5, 0.6) is 0 Å². The summed E-state index contributed by atoms with van der Waals surface area (Å²) in [5.41, 5.74) is 5.69. The van der Waals surface area contributed by atoms with Crippen molar-refractivity contribution in [3.8, 4) is 0 Å². The maximum atomic E-state index is 11.6. The molecule has 0 aromatic rings. The fraction of sp³-hybridized carbons (Fsp3) is 0.909. The summed E-state index contributed by atoms with van der Waals surface area (Å²) in [6.07, 6.45) is 0. The second-order valence-corrected chi connectivity index (χ2v) is 5.19. The summed E-state index contributed by atoms with van der Waals surface area (Å²) in [6.45, 7) is 8.66. The molecule has 0 aliphatic heterocycles. The molecule has 0 saturated carbocycles. The van der Waals surface area contributed by atoms with E-state index in [-0.39, 0.29) is 17.4 Å². The van der Waals surface area contributed by atoms with Crippen molar-refractivity contribution in [3.05, 3.63) is 0 Å². The van der Waals surface area contributed by atoms with Gasteiger partial charge in [-0.25, -0.2) is 0 Å². The Bertz CT molecular complexity index is 212. The highest BCUT2D eigenvalue weighted by Crippen LogP contribution is 2.08. The number of hydrogen-bond donors (Lipinski definition) is 2. The first-order valence-electron chi connectivity index (χ1n) is 5.39. The summed E-state index contributed by atoms with van der Waals surface area (Å²) >= 11 is 0. The maximum Gasteiger partial charge on any atom is 0.237 e. The Morgan fingerprint density at radius 3 is 2.20 bits per heavy atom. The van der Waals surface area contributed by atoms with E-state index in [9.17, 15) is 4.79 Å². The molecule has 0 spiro atoms. The highest BCUT2D eigenvalue weighted by Gasteiger charge is 2.23. The fourth-order valence-corrected chi connectivity index (χ4v) is 0.882. The van der Waals surface area contributed by atoms with Gasteiger partial charge >= 0.3 is 0 Å². The van der Waals surface area contributed by atoms with Gasteiger partial charge < -0.3 is 16.0 Å². The number of rotatable bonds is 5. The Kier molecular flexibility index (Phi) is 5.24. The second-order valence-electron chi connectivity index (χ2n) is 5.19. The van der Waals surface area contributed by atoms with Gasteiger partial charge in [0, 0.05) is 12.1 Å². The third-order valence-electron chi connectivity index (χ3n) is 2.93. The quantitative estimate of drug-likeness (QED) is 0.699. The molecule has 0 rings (SSSR count). The van der Waals surface area contributed by atoms with Crippen molar-refractivity contribution in [1.82, 2.24) is 10.2 Å². The smallest absolute Gasteiger partial charge is 0.237 e. The van der Waals surface area contributed by atoms with Gasteiger partial charge in [0.2, 0.25) is 5.91 Å². The van der Waals surface area contributed by atoms with E-state index < -0.39 is 6.04 Å². The number of carbonyl (C=O) groups is 1. The Morgan fingerprint density at radius 2 is 1.87 bits per heavy atom. The van der Waals surface area contributed by atoms with Crippen LogP contribution >= 0.6 is 0 Å². The van der Waals surface area contributed by atoms with E-state index >= 15 is 0 Å². The minimum absolute atomic E-state index is 0.0492. The average Bonchev–Trinajstić information content (AvgIpc) is 2.12. The molecule has 0 aromatic carbocycles. The van der Waals surface area contributed by atoms with Gasteiger partial charge in [0.05, 0.1) is 6.04 Å². The van der Waals surface area contributed by atoms with Crippen LogP contribution in [-0.2, 0) is 4.79 Å². The van der Waals surface area contributed by atoms with Gasteiger partial charge in [-0.3, -0.25) is 4.79 Å². The molecular weight excluding hydrogens is 190 g/mol. The van der Waals surface area contributed by atoms with Crippen LogP contribution in [0.4, 0.5) is 0 Å². The predicted octanol–water partition coefficient (Wildman–Crippen LogP) is 0.426. The van der Waals surface area contributed by atoms with E-state index in [1.54, 1.807) is 0 Å². The summed E-state index contributed by atoms with van der Waals surface area (Å²) in [5.74, 6) is 0.104. The predicted molar refractivity (Wildman–Crippen MR) is 63.6 cm³/mol. The van der Waals surface area contributed by atoms with E-state index in [4.69, 9.17) is 5.73 Å². The van der Waals surface area contributed by atoms with Crippen LogP contribution in [0.15, 0.2) is 0 Å². The van der Waals surface area contributed by atoms with Gasteiger partial charge in [0.15, 0.2) is 0 Å². The lowest BCUT2D eigenvalue weighted by Crippen LogP contribution is -2.52. The van der Waals surface area contributed by atoms with Crippen molar-refractivity contribution in [2.75, 3.05) is 20.6 Å². The zero-order valence-corrected chi connectivity index (χ0v) is 10.8. The van der Waals surface area contributed by atoms with Crippen LogP contribution in [0.25, 0.3) is 0 Å². The molecule has 4 nitrogen and oxygen atoms in total. The number of nitrogens with one attached hydrogen (secondary N) is 1. The number of nitrogens with zero attached hydrogens (tertiary/aromatic N) is 1. The maximum absolute atomic E-state index is 11.6. The molecule has 0 saturated heterocycles. The molecule has 1 unspecified atom stereocenters. The standard InChI is InChI=1S/C11H25N3O/c1-8(2)9(12)10(15)13-7-11(3,4)14(5)6/h8-9H,7,12H2,1-6H3,(H,13,15). The van der Waals surface area contributed by atoms with Crippen molar-refractivity contribution >= 4 is 5.91 Å². The highest BCUT2D eigenvalue weighted by molar-refractivity contribution is 5.81. The number of hydrogen-bond acceptors (Lipinski definition) is 3. The second kappa shape index (κ2) is 5.47. The SMILES string of the molecule is CC(C)C(N)C(=O)NCC(C)(C)N(C)C. The third kappa shape index (κ3) is 4.62. The van der Waals surface area contributed by atoms with E-state index in [1.807, 2.05) is 27.9 Å². The van der Waals surface area contributed by atoms with Gasteiger partial charge in [-0.05, 0) is 33.9 Å². The van der Waals surface area contributed by atoms with Gasteiger partial charge in [0.1, 0.15) is 0 Å². The van der Waals surface area contributed by atoms with Crippen LogP contribution in [0.2, 0.25) is 0 Å². The van der Waals surface area contributed by atoms with E-state index in [0.29, 0.717) is 6.54 Å². The minimum atomic E-state index is -0.414. The molecule has 0 heterocycles. The third-order valence-corrected chi connectivity index (χ3v) is 2.93. The van der Waals surface area contributed by atoms with Crippen LogP contribution in [0, 0.1) is 5.92 Å². The molecule has 0 bridgehead atoms. The molecule has 0 radical (unpaired) electrons. The molecule has 15 heavy (non-hydrogen) atoms. The van der Waals surface area contributed by atoms with Crippen molar-refractivity contribution in [1.29, 1.82) is 0 Å². The van der Waals surface area contributed by atoms with Crippen LogP contribution in [-0.4, -0.2) is 43.0 Å². The number of nitrogens with two attached hydrogens (primary N) is 1. The zero-order valence-electron chi connectivity index (χ0n) is 10.8. The molecule has 1 amide bonds. The Labute approximate surface area is 93.2 Å². The topological polar surface area (TPSA) is 58.4 Å². The summed E-state index contributed by atoms with van der Waals surface area (Å²) in [7, 11) is 3.99. The molecule has 1 atom stereocenters. The lowest BCUT2D eigenvalue weighted by atomic mass is 10.0. The van der Waals surface area contributed by atoms with Gasteiger partial charge in [0.25, 0.3) is 0 Å². The normalized spacial score (nSPS) is 14.5. The monoisotopic (exact) mass is 215 g/mol. The summed E-state index contributed by atoms with van der Waals surface area (Å²) in [4.78, 5) is 13.7. The molecule has 3 N–H and O–H groups in total. The lowest BCUT2D eigenvalue weighted by molar-refractivity contribution is -0.123. The minimum Gasteiger partial charge on any atom is -0.353 e. The van der Waals surface area contributed by atoms with Crippen molar-refractivity contribution < 1.29 is 4.79 Å². The first-order chi connectivity index (χ1) is 6.68. The molecule has 0 aliphatic rings. The number of likely N-dealkylation sites (N-methyl/N-ethyl adjacent to an activating group) is 1. The molecule has 0 aromatic heterocycles. The van der Waals surface area contributed by atoms with Crippen molar-refractivity contribution in [2.24, 2.45) is 11.7 Å². The number of carbonyl (C=O) groups excluding carboxylic acids is 1. The molecular formula is C11H25N3O. The van der Waals surface area contributed by atoms with E-state index in [1.165, 1.54) is 0 Å². The average molecular weight is 215 g/mol. The van der Waals surface area contributed by atoms with E-state index in [0.717, 1.165) is 0 Å². The first-order valence-corrected chi connectivity index (χ1v) is 5.39. The Hall–Kier alpha value is -0.610. The van der Waals surface area contributed by atoms with Crippen molar-refractivity contribution in [2.45, 2.75) is 39.3 Å². The van der Waals surface area contributed by atoms with Crippen LogP contribution in [0.3, 0.4) is 0 Å². The lowest BCUT2D eigenvalue weighted by Gasteiger charge is -2.33.